The molecule has 0 spiro atoms. The predicted molar refractivity (Wildman–Crippen MR) is 88.6 cm³/mol. The fourth-order valence-corrected chi connectivity index (χ4v) is 4.39. The molecule has 1 heterocycles. The lowest BCUT2D eigenvalue weighted by Gasteiger charge is -2.19. The molecule has 0 amide bonds. The van der Waals surface area contributed by atoms with Gasteiger partial charge in [-0.25, -0.2) is 0 Å². The van der Waals surface area contributed by atoms with E-state index in [1.807, 2.05) is 0 Å². The number of rotatable bonds is 3. The van der Waals surface area contributed by atoms with E-state index in [4.69, 9.17) is 5.73 Å². The molecule has 21 heavy (non-hydrogen) atoms. The first-order valence-corrected chi connectivity index (χ1v) is 8.68. The van der Waals surface area contributed by atoms with Gasteiger partial charge in [0.15, 0.2) is 0 Å². The number of hydrogen-bond acceptors (Lipinski definition) is 1. The van der Waals surface area contributed by atoms with Crippen molar-refractivity contribution >= 4 is 10.9 Å². The van der Waals surface area contributed by atoms with Crippen LogP contribution in [0.5, 0.6) is 0 Å². The first-order valence-electron chi connectivity index (χ1n) is 8.68. The highest BCUT2D eigenvalue weighted by Crippen LogP contribution is 2.31. The summed E-state index contributed by atoms with van der Waals surface area (Å²) in [5, 5.41) is 1.42. The van der Waals surface area contributed by atoms with Gasteiger partial charge in [0.2, 0.25) is 0 Å². The van der Waals surface area contributed by atoms with Gasteiger partial charge in [-0.05, 0) is 79.7 Å². The van der Waals surface area contributed by atoms with Crippen molar-refractivity contribution < 1.29 is 0 Å². The molecule has 3 N–H and O–H groups in total. The van der Waals surface area contributed by atoms with Crippen LogP contribution in [0.25, 0.3) is 10.9 Å². The smallest absolute Gasteiger partial charge is 0.0459 e. The van der Waals surface area contributed by atoms with Crippen LogP contribution in [0.15, 0.2) is 18.3 Å². The van der Waals surface area contributed by atoms with E-state index in [2.05, 4.69) is 23.3 Å². The highest BCUT2D eigenvalue weighted by Gasteiger charge is 2.23. The molecule has 112 valence electrons. The summed E-state index contributed by atoms with van der Waals surface area (Å²) in [6, 6.07) is 5.16. The molecule has 1 fully saturated rings. The van der Waals surface area contributed by atoms with Gasteiger partial charge in [-0.15, -0.1) is 0 Å². The summed E-state index contributed by atoms with van der Waals surface area (Å²) < 4.78 is 0. The van der Waals surface area contributed by atoms with Crippen molar-refractivity contribution in [3.8, 4) is 0 Å². The van der Waals surface area contributed by atoms with Crippen LogP contribution >= 0.6 is 0 Å². The lowest BCUT2D eigenvalue weighted by atomic mass is 9.88. The predicted octanol–water partition coefficient (Wildman–Crippen LogP) is 4.11. The average molecular weight is 282 g/mol. The van der Waals surface area contributed by atoms with Crippen LogP contribution in [0.4, 0.5) is 0 Å². The maximum absolute atomic E-state index is 6.49. The molecule has 0 saturated heterocycles. The summed E-state index contributed by atoms with van der Waals surface area (Å²) in [5.74, 6) is 0.743. The van der Waals surface area contributed by atoms with Crippen LogP contribution in [-0.2, 0) is 19.3 Å². The van der Waals surface area contributed by atoms with Crippen molar-refractivity contribution in [3.63, 3.8) is 0 Å². The van der Waals surface area contributed by atoms with Gasteiger partial charge in [-0.2, -0.15) is 0 Å². The molecule has 1 aromatic carbocycles. The number of hydrogen-bond donors (Lipinski definition) is 2. The van der Waals surface area contributed by atoms with Crippen LogP contribution in [0.2, 0.25) is 0 Å². The van der Waals surface area contributed by atoms with E-state index in [0.29, 0.717) is 6.04 Å². The minimum atomic E-state index is 0.336. The molecule has 2 aromatic rings. The summed E-state index contributed by atoms with van der Waals surface area (Å²) >= 11 is 0. The second-order valence-corrected chi connectivity index (χ2v) is 7.10. The lowest BCUT2D eigenvalue weighted by Crippen LogP contribution is -2.30. The summed E-state index contributed by atoms with van der Waals surface area (Å²) in [6.45, 7) is 0. The Bertz CT molecular complexity index is 634. The number of aromatic amines is 1. The molecule has 2 aliphatic rings. The first kappa shape index (κ1) is 13.4. The summed E-state index contributed by atoms with van der Waals surface area (Å²) in [5.41, 5.74) is 12.4. The second kappa shape index (κ2) is 5.49. The van der Waals surface area contributed by atoms with Crippen molar-refractivity contribution in [1.82, 2.24) is 4.98 Å². The van der Waals surface area contributed by atoms with Crippen LogP contribution in [0, 0.1) is 5.92 Å². The van der Waals surface area contributed by atoms with Gasteiger partial charge < -0.3 is 10.7 Å². The van der Waals surface area contributed by atoms with Gasteiger partial charge in [0.05, 0.1) is 0 Å². The van der Waals surface area contributed by atoms with E-state index < -0.39 is 0 Å². The van der Waals surface area contributed by atoms with E-state index in [1.54, 1.807) is 11.1 Å². The summed E-state index contributed by atoms with van der Waals surface area (Å²) in [7, 11) is 0. The number of aryl methyl sites for hydroxylation is 2. The van der Waals surface area contributed by atoms with Crippen LogP contribution in [0.1, 0.15) is 55.2 Å². The van der Waals surface area contributed by atoms with Gasteiger partial charge in [-0.1, -0.05) is 12.8 Å². The van der Waals surface area contributed by atoms with E-state index in [0.717, 1.165) is 12.3 Å². The van der Waals surface area contributed by atoms with Gasteiger partial charge >= 0.3 is 0 Å². The molecule has 1 unspecified atom stereocenters. The van der Waals surface area contributed by atoms with Gasteiger partial charge in [0.25, 0.3) is 0 Å². The third-order valence-electron chi connectivity index (χ3n) is 5.69. The van der Waals surface area contributed by atoms with Crippen LogP contribution in [-0.4, -0.2) is 11.0 Å². The van der Waals surface area contributed by atoms with Crippen molar-refractivity contribution in [3.05, 3.63) is 35.0 Å². The number of fused-ring (bicyclic) bond motifs is 2. The number of aromatic nitrogens is 1. The Morgan fingerprint density at radius 1 is 1.05 bits per heavy atom. The topological polar surface area (TPSA) is 41.8 Å². The molecule has 1 saturated carbocycles. The lowest BCUT2D eigenvalue weighted by molar-refractivity contribution is 0.430. The zero-order chi connectivity index (χ0) is 14.2. The molecule has 0 radical (unpaired) electrons. The highest BCUT2D eigenvalue weighted by molar-refractivity contribution is 5.85. The summed E-state index contributed by atoms with van der Waals surface area (Å²) in [6.07, 6.45) is 13.8. The molecular weight excluding hydrogens is 256 g/mol. The minimum absolute atomic E-state index is 0.336. The fourth-order valence-electron chi connectivity index (χ4n) is 4.39. The maximum atomic E-state index is 6.49. The van der Waals surface area contributed by atoms with Crippen molar-refractivity contribution in [1.29, 1.82) is 0 Å². The Labute approximate surface area is 127 Å². The molecule has 4 rings (SSSR count). The number of nitrogens with two attached hydrogens (primary N) is 1. The normalized spacial score (nSPS) is 20.8. The zero-order valence-electron chi connectivity index (χ0n) is 12.8. The summed E-state index contributed by atoms with van der Waals surface area (Å²) in [4.78, 5) is 3.48. The maximum Gasteiger partial charge on any atom is 0.0459 e. The third kappa shape index (κ3) is 2.50. The molecule has 1 aromatic heterocycles. The van der Waals surface area contributed by atoms with E-state index in [-0.39, 0.29) is 0 Å². The van der Waals surface area contributed by atoms with E-state index in [9.17, 15) is 0 Å². The van der Waals surface area contributed by atoms with Gasteiger partial charge in [-0.3, -0.25) is 0 Å². The average Bonchev–Trinajstić information content (AvgIpc) is 3.15. The highest BCUT2D eigenvalue weighted by atomic mass is 14.7. The van der Waals surface area contributed by atoms with Crippen LogP contribution in [0.3, 0.4) is 0 Å². The van der Waals surface area contributed by atoms with E-state index in [1.165, 1.54) is 67.8 Å². The Balaban J connectivity index is 1.62. The van der Waals surface area contributed by atoms with Crippen molar-refractivity contribution in [2.24, 2.45) is 11.7 Å². The Hall–Kier alpha value is -1.28. The SMILES string of the molecule is NC(Cc1c[nH]c2cc3c(cc12)CCCC3)C1CCCC1. The molecule has 0 bridgehead atoms. The minimum Gasteiger partial charge on any atom is -0.361 e. The molecule has 1 atom stereocenters. The molecule has 2 aliphatic carbocycles. The quantitative estimate of drug-likeness (QED) is 0.874. The number of H-pyrrole nitrogens is 1. The number of benzene rings is 1. The molecule has 2 nitrogen and oxygen atoms in total. The second-order valence-electron chi connectivity index (χ2n) is 7.10. The standard InChI is InChI=1S/C19H26N2/c20-18(13-5-1-2-6-13)10-16-12-21-19-11-15-8-4-3-7-14(15)9-17(16)19/h9,11-13,18,21H,1-8,10,20H2. The fraction of sp³-hybridized carbons (Fsp3) is 0.579. The molecule has 2 heteroatoms. The molecular formula is C19H26N2. The van der Waals surface area contributed by atoms with Gasteiger partial charge in [0, 0.05) is 23.1 Å². The van der Waals surface area contributed by atoms with Gasteiger partial charge in [0.1, 0.15) is 0 Å². The van der Waals surface area contributed by atoms with E-state index >= 15 is 0 Å². The zero-order valence-corrected chi connectivity index (χ0v) is 12.8. The van der Waals surface area contributed by atoms with Crippen LogP contribution < -0.4 is 5.73 Å². The monoisotopic (exact) mass is 282 g/mol. The Morgan fingerprint density at radius 2 is 1.76 bits per heavy atom. The first-order chi connectivity index (χ1) is 10.3. The largest absolute Gasteiger partial charge is 0.361 e. The number of nitrogens with one attached hydrogen (secondary N) is 1. The Kier molecular flexibility index (Phi) is 3.50. The van der Waals surface area contributed by atoms with Crippen molar-refractivity contribution in [2.45, 2.75) is 63.8 Å². The Morgan fingerprint density at radius 3 is 2.52 bits per heavy atom. The third-order valence-corrected chi connectivity index (χ3v) is 5.69. The molecule has 0 aliphatic heterocycles. The van der Waals surface area contributed by atoms with Crippen molar-refractivity contribution in [2.75, 3.05) is 0 Å².